The first-order chi connectivity index (χ1) is 20.3. The molecule has 11 heteroatoms. The van der Waals surface area contributed by atoms with Crippen LogP contribution in [-0.2, 0) is 14.4 Å². The van der Waals surface area contributed by atoms with Gasteiger partial charge in [0.2, 0.25) is 11.8 Å². The number of nitrogens with one attached hydrogen (secondary N) is 2. The summed E-state index contributed by atoms with van der Waals surface area (Å²) in [6, 6.07) is 21.6. The highest BCUT2D eigenvalue weighted by molar-refractivity contribution is 8.00. The first kappa shape index (κ1) is 27.8. The van der Waals surface area contributed by atoms with Gasteiger partial charge in [0.15, 0.2) is 18.1 Å². The van der Waals surface area contributed by atoms with E-state index in [1.54, 1.807) is 48.5 Å². The molecule has 0 bridgehead atoms. The zero-order chi connectivity index (χ0) is 29.4. The third-order valence-electron chi connectivity index (χ3n) is 7.13. The number of amides is 3. The van der Waals surface area contributed by atoms with Crippen molar-refractivity contribution in [2.24, 2.45) is 5.92 Å². The highest BCUT2D eigenvalue weighted by Gasteiger charge is 2.56. The fourth-order valence-electron chi connectivity index (χ4n) is 5.38. The molecule has 1 fully saturated rings. The number of aromatic amines is 1. The van der Waals surface area contributed by atoms with Gasteiger partial charge in [0, 0.05) is 16.5 Å². The van der Waals surface area contributed by atoms with Crippen LogP contribution >= 0.6 is 23.1 Å². The molecular formula is C31H27N3O6S2. The Morgan fingerprint density at radius 2 is 1.76 bits per heavy atom. The molecule has 214 valence electrons. The van der Waals surface area contributed by atoms with Crippen molar-refractivity contribution in [3.8, 4) is 11.5 Å². The lowest BCUT2D eigenvalue weighted by Gasteiger charge is -2.30. The summed E-state index contributed by atoms with van der Waals surface area (Å²) in [4.78, 5) is 57.0. The van der Waals surface area contributed by atoms with Crippen LogP contribution in [0.4, 0.5) is 11.4 Å². The molecule has 0 saturated carbocycles. The van der Waals surface area contributed by atoms with Gasteiger partial charge in [0.25, 0.3) is 5.91 Å². The Morgan fingerprint density at radius 3 is 2.52 bits per heavy atom. The number of rotatable bonds is 8. The van der Waals surface area contributed by atoms with Gasteiger partial charge >= 0.3 is 4.87 Å². The number of thiazole rings is 1. The number of imide groups is 1. The molecule has 42 heavy (non-hydrogen) atoms. The molecule has 4 aromatic rings. The van der Waals surface area contributed by atoms with E-state index in [1.165, 1.54) is 16.7 Å². The second kappa shape index (κ2) is 11.5. The molecule has 2 aliphatic rings. The standard InChI is InChI=1S/C31H27N3O6S2/c1-3-39-22-15-18(12-13-21(22)40-16-23(35)32-19-9-7-8-17(2)14-19)24-25-27(41-28-26(24)42-31(38)33-28)30(37)34(29(25)36)20-10-5-4-6-11-20/h4-15,24-25,27H,3,16H2,1-2H3,(H,32,35)(H,33,38)/t24-,25?,27?/m1/s1. The van der Waals surface area contributed by atoms with Crippen LogP contribution in [0.3, 0.4) is 0 Å². The maximum absolute atomic E-state index is 13.9. The Balaban J connectivity index is 1.31. The summed E-state index contributed by atoms with van der Waals surface area (Å²) >= 11 is 2.27. The quantitative estimate of drug-likeness (QED) is 0.274. The fraction of sp³-hybridized carbons (Fsp3) is 0.226. The summed E-state index contributed by atoms with van der Waals surface area (Å²) in [5.74, 6) is -1.46. The molecule has 3 aromatic carbocycles. The van der Waals surface area contributed by atoms with E-state index in [2.05, 4.69) is 10.3 Å². The molecular weight excluding hydrogens is 574 g/mol. The van der Waals surface area contributed by atoms with Crippen LogP contribution in [0.15, 0.2) is 82.6 Å². The van der Waals surface area contributed by atoms with E-state index in [0.29, 0.717) is 44.9 Å². The van der Waals surface area contributed by atoms with E-state index in [0.717, 1.165) is 16.9 Å². The summed E-state index contributed by atoms with van der Waals surface area (Å²) in [5, 5.41) is 2.72. The van der Waals surface area contributed by atoms with Gasteiger partial charge in [-0.2, -0.15) is 0 Å². The molecule has 2 unspecified atom stereocenters. The highest BCUT2D eigenvalue weighted by Crippen LogP contribution is 2.53. The van der Waals surface area contributed by atoms with Crippen molar-refractivity contribution in [3.05, 3.63) is 98.5 Å². The van der Waals surface area contributed by atoms with E-state index in [4.69, 9.17) is 9.47 Å². The maximum Gasteiger partial charge on any atom is 0.305 e. The Kier molecular flexibility index (Phi) is 7.61. The van der Waals surface area contributed by atoms with E-state index in [-0.39, 0.29) is 29.2 Å². The SMILES string of the molecule is CCOc1cc([C@H]2c3sc(=O)[nH]c3SC3C(=O)N(c4ccccc4)C(=O)C32)ccc1OCC(=O)Nc1cccc(C)c1. The number of fused-ring (bicyclic) bond motifs is 2. The number of hydrogen-bond donors (Lipinski definition) is 2. The van der Waals surface area contributed by atoms with Gasteiger partial charge < -0.3 is 19.8 Å². The number of hydrogen-bond acceptors (Lipinski definition) is 8. The van der Waals surface area contributed by atoms with Gasteiger partial charge in [-0.25, -0.2) is 4.90 Å². The predicted molar refractivity (Wildman–Crippen MR) is 162 cm³/mol. The van der Waals surface area contributed by atoms with Crippen LogP contribution in [0.5, 0.6) is 11.5 Å². The number of anilines is 2. The second-order valence-corrected chi connectivity index (χ2v) is 12.1. The minimum absolute atomic E-state index is 0.235. The molecule has 0 aliphatic carbocycles. The lowest BCUT2D eigenvalue weighted by atomic mass is 9.83. The van der Waals surface area contributed by atoms with Crippen molar-refractivity contribution in [2.45, 2.75) is 30.0 Å². The summed E-state index contributed by atoms with van der Waals surface area (Å²) in [6.07, 6.45) is 0. The van der Waals surface area contributed by atoms with Crippen LogP contribution in [0.2, 0.25) is 0 Å². The van der Waals surface area contributed by atoms with Crippen LogP contribution < -0.4 is 24.6 Å². The molecule has 2 N–H and O–H groups in total. The summed E-state index contributed by atoms with van der Waals surface area (Å²) < 4.78 is 11.7. The summed E-state index contributed by atoms with van der Waals surface area (Å²) in [5.41, 5.74) is 2.92. The lowest BCUT2D eigenvalue weighted by Crippen LogP contribution is -2.32. The van der Waals surface area contributed by atoms with Gasteiger partial charge in [-0.15, -0.1) is 0 Å². The topological polar surface area (TPSA) is 118 Å². The van der Waals surface area contributed by atoms with Gasteiger partial charge in [-0.1, -0.05) is 59.5 Å². The van der Waals surface area contributed by atoms with E-state index in [9.17, 15) is 19.2 Å². The minimum atomic E-state index is -0.719. The molecule has 0 radical (unpaired) electrons. The third kappa shape index (κ3) is 5.21. The van der Waals surface area contributed by atoms with E-state index < -0.39 is 17.1 Å². The molecule has 1 aromatic heterocycles. The number of aromatic nitrogens is 1. The molecule has 3 heterocycles. The van der Waals surface area contributed by atoms with Crippen LogP contribution in [0, 0.1) is 12.8 Å². The zero-order valence-corrected chi connectivity index (χ0v) is 24.4. The molecule has 2 aliphatic heterocycles. The van der Waals surface area contributed by atoms with Crippen molar-refractivity contribution < 1.29 is 23.9 Å². The van der Waals surface area contributed by atoms with Gasteiger partial charge in [-0.05, 0) is 61.4 Å². The van der Waals surface area contributed by atoms with E-state index >= 15 is 0 Å². The number of carbonyl (C=O) groups is 3. The Hall–Kier alpha value is -4.35. The van der Waals surface area contributed by atoms with Crippen LogP contribution in [-0.4, -0.2) is 41.2 Å². The number of thioether (sulfide) groups is 1. The molecule has 6 rings (SSSR count). The lowest BCUT2D eigenvalue weighted by molar-refractivity contribution is -0.122. The smallest absolute Gasteiger partial charge is 0.305 e. The van der Waals surface area contributed by atoms with Gasteiger partial charge in [-0.3, -0.25) is 19.2 Å². The monoisotopic (exact) mass is 601 g/mol. The molecule has 9 nitrogen and oxygen atoms in total. The molecule has 3 atom stereocenters. The Bertz CT molecular complexity index is 1730. The predicted octanol–water partition coefficient (Wildman–Crippen LogP) is 4.96. The Morgan fingerprint density at radius 1 is 0.952 bits per heavy atom. The number of H-pyrrole nitrogens is 1. The van der Waals surface area contributed by atoms with Crippen molar-refractivity contribution in [1.82, 2.24) is 4.98 Å². The maximum atomic E-state index is 13.9. The Labute approximate surface area is 249 Å². The zero-order valence-electron chi connectivity index (χ0n) is 22.8. The largest absolute Gasteiger partial charge is 0.490 e. The number of benzene rings is 3. The second-order valence-electron chi connectivity index (χ2n) is 9.94. The number of nitrogens with zero attached hydrogens (tertiary/aromatic N) is 1. The first-order valence-electron chi connectivity index (χ1n) is 13.4. The van der Waals surface area contributed by atoms with Crippen LogP contribution in [0.1, 0.15) is 28.8 Å². The van der Waals surface area contributed by atoms with Crippen LogP contribution in [0.25, 0.3) is 0 Å². The number of carbonyl (C=O) groups excluding carboxylic acids is 3. The average Bonchev–Trinajstić information content (AvgIpc) is 3.47. The fourth-order valence-corrected chi connectivity index (χ4v) is 7.89. The molecule has 1 saturated heterocycles. The normalized spacial score (nSPS) is 19.3. The van der Waals surface area contributed by atoms with E-state index in [1.807, 2.05) is 38.1 Å². The average molecular weight is 602 g/mol. The summed E-state index contributed by atoms with van der Waals surface area (Å²) in [6.45, 7) is 3.88. The molecule has 0 spiro atoms. The highest BCUT2D eigenvalue weighted by atomic mass is 32.2. The first-order valence-corrected chi connectivity index (χ1v) is 15.1. The van der Waals surface area contributed by atoms with Gasteiger partial charge in [0.1, 0.15) is 5.25 Å². The van der Waals surface area contributed by atoms with Crippen molar-refractivity contribution in [1.29, 1.82) is 0 Å². The number of ether oxygens (including phenoxy) is 2. The molecule has 3 amide bonds. The van der Waals surface area contributed by atoms with Crippen molar-refractivity contribution >= 4 is 52.2 Å². The minimum Gasteiger partial charge on any atom is -0.490 e. The van der Waals surface area contributed by atoms with Crippen molar-refractivity contribution in [2.75, 3.05) is 23.4 Å². The van der Waals surface area contributed by atoms with Gasteiger partial charge in [0.05, 0.1) is 23.2 Å². The number of aryl methyl sites for hydroxylation is 1. The van der Waals surface area contributed by atoms with Crippen molar-refractivity contribution in [3.63, 3.8) is 0 Å². The summed E-state index contributed by atoms with van der Waals surface area (Å²) in [7, 11) is 0. The number of para-hydroxylation sites is 1. The third-order valence-corrected chi connectivity index (χ3v) is 9.53.